The molecule has 1 saturated carbocycles. The number of ether oxygens (including phenoxy) is 1. The van der Waals surface area contributed by atoms with E-state index in [1.807, 2.05) is 11.3 Å². The molecule has 114 valence electrons. The van der Waals surface area contributed by atoms with Gasteiger partial charge in [0.05, 0.1) is 6.10 Å². The van der Waals surface area contributed by atoms with Gasteiger partial charge in [0.2, 0.25) is 0 Å². The highest BCUT2D eigenvalue weighted by Gasteiger charge is 2.16. The van der Waals surface area contributed by atoms with E-state index in [1.165, 1.54) is 37.0 Å². The zero-order chi connectivity index (χ0) is 14.2. The Morgan fingerprint density at radius 1 is 1.30 bits per heavy atom. The molecule has 0 aromatic carbocycles. The van der Waals surface area contributed by atoms with Gasteiger partial charge in [0.1, 0.15) is 0 Å². The predicted molar refractivity (Wildman–Crippen MR) is 87.3 cm³/mol. The van der Waals surface area contributed by atoms with E-state index in [2.05, 4.69) is 36.7 Å². The summed E-state index contributed by atoms with van der Waals surface area (Å²) in [4.78, 5) is 1.45. The van der Waals surface area contributed by atoms with Gasteiger partial charge in [-0.2, -0.15) is 0 Å². The molecule has 0 bridgehead atoms. The van der Waals surface area contributed by atoms with Gasteiger partial charge in [-0.3, -0.25) is 0 Å². The topological polar surface area (TPSA) is 21.3 Å². The van der Waals surface area contributed by atoms with Crippen LogP contribution < -0.4 is 5.32 Å². The van der Waals surface area contributed by atoms with Crippen molar-refractivity contribution in [3.63, 3.8) is 0 Å². The predicted octanol–water partition coefficient (Wildman–Crippen LogP) is 4.77. The monoisotopic (exact) mass is 295 g/mol. The van der Waals surface area contributed by atoms with Crippen LogP contribution in [0.1, 0.15) is 63.3 Å². The number of rotatable bonds is 8. The fourth-order valence-electron chi connectivity index (χ4n) is 2.94. The molecule has 20 heavy (non-hydrogen) atoms. The third kappa shape index (κ3) is 5.19. The van der Waals surface area contributed by atoms with Crippen LogP contribution in [-0.2, 0) is 4.74 Å². The highest BCUT2D eigenvalue weighted by atomic mass is 32.1. The molecule has 1 heterocycles. The lowest BCUT2D eigenvalue weighted by molar-refractivity contribution is 0.0269. The molecule has 0 saturated heterocycles. The minimum Gasteiger partial charge on any atom is -0.378 e. The van der Waals surface area contributed by atoms with E-state index in [0.717, 1.165) is 19.6 Å². The molecule has 0 amide bonds. The minimum atomic E-state index is 0.490. The second kappa shape index (κ2) is 8.81. The minimum absolute atomic E-state index is 0.490. The Morgan fingerprint density at radius 2 is 2.10 bits per heavy atom. The standard InChI is InChI=1S/C17H29NOS/c1-14(2)17(16-10-6-13-20-16)18-11-7-12-19-15-8-4-3-5-9-15/h6,10,13-15,17-18H,3-5,7-9,11-12H2,1-2H3. The maximum atomic E-state index is 5.98. The summed E-state index contributed by atoms with van der Waals surface area (Å²) in [5, 5.41) is 5.85. The van der Waals surface area contributed by atoms with Crippen molar-refractivity contribution in [3.8, 4) is 0 Å². The quantitative estimate of drug-likeness (QED) is 0.697. The van der Waals surface area contributed by atoms with Gasteiger partial charge in [-0.15, -0.1) is 11.3 Å². The molecule has 3 heteroatoms. The summed E-state index contributed by atoms with van der Waals surface area (Å²) >= 11 is 1.85. The molecular formula is C17H29NOS. The number of hydrogen-bond acceptors (Lipinski definition) is 3. The van der Waals surface area contributed by atoms with E-state index in [-0.39, 0.29) is 0 Å². The smallest absolute Gasteiger partial charge is 0.0575 e. The fourth-order valence-corrected chi connectivity index (χ4v) is 3.92. The van der Waals surface area contributed by atoms with Gasteiger partial charge in [0, 0.05) is 17.5 Å². The van der Waals surface area contributed by atoms with Crippen LogP contribution >= 0.6 is 11.3 Å². The van der Waals surface area contributed by atoms with Crippen LogP contribution in [0.2, 0.25) is 0 Å². The number of thiophene rings is 1. The molecule has 1 aromatic heterocycles. The van der Waals surface area contributed by atoms with Crippen LogP contribution in [-0.4, -0.2) is 19.3 Å². The van der Waals surface area contributed by atoms with Crippen molar-refractivity contribution in [1.29, 1.82) is 0 Å². The Balaban J connectivity index is 1.61. The normalized spacial score (nSPS) is 18.6. The third-order valence-corrected chi connectivity index (χ3v) is 5.06. The molecule has 1 fully saturated rings. The maximum absolute atomic E-state index is 5.98. The maximum Gasteiger partial charge on any atom is 0.0575 e. The van der Waals surface area contributed by atoms with Gasteiger partial charge in [0.25, 0.3) is 0 Å². The van der Waals surface area contributed by atoms with E-state index in [4.69, 9.17) is 4.74 Å². The average Bonchev–Trinajstić information content (AvgIpc) is 2.97. The van der Waals surface area contributed by atoms with Gasteiger partial charge >= 0.3 is 0 Å². The van der Waals surface area contributed by atoms with Crippen molar-refractivity contribution in [2.24, 2.45) is 5.92 Å². The zero-order valence-electron chi connectivity index (χ0n) is 12.9. The summed E-state index contributed by atoms with van der Waals surface area (Å²) in [6.07, 6.45) is 8.33. The van der Waals surface area contributed by atoms with Crippen LogP contribution in [0.5, 0.6) is 0 Å². The van der Waals surface area contributed by atoms with Crippen molar-refractivity contribution >= 4 is 11.3 Å². The zero-order valence-corrected chi connectivity index (χ0v) is 13.8. The molecule has 0 spiro atoms. The lowest BCUT2D eigenvalue weighted by Crippen LogP contribution is -2.27. The van der Waals surface area contributed by atoms with E-state index < -0.39 is 0 Å². The molecular weight excluding hydrogens is 266 g/mol. The second-order valence-electron chi connectivity index (χ2n) is 6.18. The molecule has 1 atom stereocenters. The first-order valence-corrected chi connectivity index (χ1v) is 9.03. The fraction of sp³-hybridized carbons (Fsp3) is 0.765. The molecule has 0 aliphatic heterocycles. The molecule has 1 aliphatic carbocycles. The van der Waals surface area contributed by atoms with E-state index >= 15 is 0 Å². The van der Waals surface area contributed by atoms with Crippen LogP contribution in [0.25, 0.3) is 0 Å². The first kappa shape index (κ1) is 16.0. The molecule has 0 radical (unpaired) electrons. The Bertz CT molecular complexity index is 344. The van der Waals surface area contributed by atoms with Gasteiger partial charge in [-0.05, 0) is 43.2 Å². The summed E-state index contributed by atoms with van der Waals surface area (Å²) in [5.41, 5.74) is 0. The highest BCUT2D eigenvalue weighted by Crippen LogP contribution is 2.25. The van der Waals surface area contributed by atoms with Crippen molar-refractivity contribution in [2.75, 3.05) is 13.2 Å². The van der Waals surface area contributed by atoms with Crippen LogP contribution in [0.15, 0.2) is 17.5 Å². The van der Waals surface area contributed by atoms with E-state index in [1.54, 1.807) is 0 Å². The van der Waals surface area contributed by atoms with Crippen molar-refractivity contribution in [1.82, 2.24) is 5.32 Å². The number of hydrogen-bond donors (Lipinski definition) is 1. The van der Waals surface area contributed by atoms with Crippen LogP contribution in [0.3, 0.4) is 0 Å². The molecule has 2 rings (SSSR count). The van der Waals surface area contributed by atoms with Crippen molar-refractivity contribution in [2.45, 2.75) is 64.5 Å². The molecule has 2 nitrogen and oxygen atoms in total. The summed E-state index contributed by atoms with van der Waals surface area (Å²) in [6, 6.07) is 4.87. The molecule has 1 N–H and O–H groups in total. The summed E-state index contributed by atoms with van der Waals surface area (Å²) < 4.78 is 5.98. The Labute approximate surface area is 127 Å². The second-order valence-corrected chi connectivity index (χ2v) is 7.15. The summed E-state index contributed by atoms with van der Waals surface area (Å²) in [6.45, 7) is 6.53. The lowest BCUT2D eigenvalue weighted by atomic mass is 9.98. The van der Waals surface area contributed by atoms with Gasteiger partial charge < -0.3 is 10.1 Å². The first-order chi connectivity index (χ1) is 9.77. The summed E-state index contributed by atoms with van der Waals surface area (Å²) in [7, 11) is 0. The third-order valence-electron chi connectivity index (χ3n) is 4.11. The largest absolute Gasteiger partial charge is 0.378 e. The SMILES string of the molecule is CC(C)C(NCCCOC1CCCCC1)c1cccs1. The lowest BCUT2D eigenvalue weighted by Gasteiger charge is -2.23. The van der Waals surface area contributed by atoms with E-state index in [9.17, 15) is 0 Å². The van der Waals surface area contributed by atoms with Gasteiger partial charge in [0.15, 0.2) is 0 Å². The highest BCUT2D eigenvalue weighted by molar-refractivity contribution is 7.10. The van der Waals surface area contributed by atoms with Crippen LogP contribution in [0, 0.1) is 5.92 Å². The van der Waals surface area contributed by atoms with Gasteiger partial charge in [-0.1, -0.05) is 39.2 Å². The summed E-state index contributed by atoms with van der Waals surface area (Å²) in [5.74, 6) is 0.632. The molecule has 1 aromatic rings. The number of nitrogens with one attached hydrogen (secondary N) is 1. The molecule has 1 aliphatic rings. The Kier molecular flexibility index (Phi) is 7.05. The Hall–Kier alpha value is -0.380. The van der Waals surface area contributed by atoms with Crippen LogP contribution in [0.4, 0.5) is 0 Å². The van der Waals surface area contributed by atoms with Crippen molar-refractivity contribution in [3.05, 3.63) is 22.4 Å². The Morgan fingerprint density at radius 3 is 2.75 bits per heavy atom. The first-order valence-electron chi connectivity index (χ1n) is 8.15. The van der Waals surface area contributed by atoms with Gasteiger partial charge in [-0.25, -0.2) is 0 Å². The van der Waals surface area contributed by atoms with Crippen molar-refractivity contribution < 1.29 is 4.74 Å². The average molecular weight is 295 g/mol. The van der Waals surface area contributed by atoms with E-state index in [0.29, 0.717) is 18.1 Å². The molecule has 1 unspecified atom stereocenters.